The molecule has 0 radical (unpaired) electrons. The molecule has 0 aliphatic heterocycles. The molecule has 100 valence electrons. The van der Waals surface area contributed by atoms with E-state index in [2.05, 4.69) is 10.3 Å². The van der Waals surface area contributed by atoms with Crippen LogP contribution in [0.4, 0.5) is 0 Å². The lowest BCUT2D eigenvalue weighted by Crippen LogP contribution is -2.48. The minimum Gasteiger partial charge on any atom is -0.392 e. The highest BCUT2D eigenvalue weighted by atomic mass is 32.1. The lowest BCUT2D eigenvalue weighted by atomic mass is 9.81. The smallest absolute Gasteiger partial charge is 0.233 e. The number of nitrogens with zero attached hydrogens (tertiary/aromatic N) is 1. The van der Waals surface area contributed by atoms with E-state index in [1.54, 1.807) is 5.51 Å². The van der Waals surface area contributed by atoms with Gasteiger partial charge in [0, 0.05) is 4.88 Å². The molecule has 1 aromatic rings. The van der Waals surface area contributed by atoms with E-state index in [9.17, 15) is 4.79 Å². The number of thiazole rings is 1. The zero-order valence-corrected chi connectivity index (χ0v) is 12.6. The van der Waals surface area contributed by atoms with Crippen LogP contribution in [0.5, 0.6) is 0 Å². The van der Waals surface area contributed by atoms with Gasteiger partial charge >= 0.3 is 0 Å². The average Bonchev–Trinajstić information content (AvgIpc) is 2.74. The summed E-state index contributed by atoms with van der Waals surface area (Å²) in [5, 5.41) is 2.91. The van der Waals surface area contributed by atoms with Crippen molar-refractivity contribution < 1.29 is 4.79 Å². The summed E-state index contributed by atoms with van der Waals surface area (Å²) in [4.78, 5) is 17.8. The summed E-state index contributed by atoms with van der Waals surface area (Å²) in [6.45, 7) is 6.28. The molecule has 0 saturated carbocycles. The van der Waals surface area contributed by atoms with Crippen LogP contribution in [0.3, 0.4) is 0 Å². The molecule has 3 N–H and O–H groups in total. The maximum atomic E-state index is 12.3. The van der Waals surface area contributed by atoms with E-state index >= 15 is 0 Å². The first-order valence-electron chi connectivity index (χ1n) is 5.95. The van der Waals surface area contributed by atoms with E-state index in [1.807, 2.05) is 20.8 Å². The zero-order chi connectivity index (χ0) is 13.8. The van der Waals surface area contributed by atoms with Gasteiger partial charge in [0.1, 0.15) is 0 Å². The third-order valence-corrected chi connectivity index (χ3v) is 4.69. The average molecular weight is 285 g/mol. The molecule has 0 aromatic carbocycles. The van der Waals surface area contributed by atoms with Crippen molar-refractivity contribution in [3.63, 3.8) is 0 Å². The van der Waals surface area contributed by atoms with Gasteiger partial charge in [0.25, 0.3) is 0 Å². The van der Waals surface area contributed by atoms with Gasteiger partial charge in [-0.05, 0) is 19.8 Å². The second-order valence-corrected chi connectivity index (χ2v) is 5.58. The molecule has 0 aliphatic rings. The molecule has 1 heterocycles. The monoisotopic (exact) mass is 285 g/mol. The molecule has 18 heavy (non-hydrogen) atoms. The molecule has 0 unspecified atom stereocenters. The summed E-state index contributed by atoms with van der Waals surface area (Å²) >= 11 is 6.59. The Balaban J connectivity index is 2.75. The maximum Gasteiger partial charge on any atom is 0.233 e. The topological polar surface area (TPSA) is 68.0 Å². The summed E-state index contributed by atoms with van der Waals surface area (Å²) in [6.07, 6.45) is 1.23. The van der Waals surface area contributed by atoms with Crippen molar-refractivity contribution in [3.8, 4) is 0 Å². The SMILES string of the molecule is CCC(CC)(C(=O)NCc1scnc1C)C(N)=S. The van der Waals surface area contributed by atoms with Crippen molar-refractivity contribution in [1.29, 1.82) is 0 Å². The summed E-state index contributed by atoms with van der Waals surface area (Å²) in [5.41, 5.74) is 7.73. The molecular formula is C12H19N3OS2. The fourth-order valence-electron chi connectivity index (χ4n) is 1.86. The van der Waals surface area contributed by atoms with Gasteiger partial charge in [-0.15, -0.1) is 11.3 Å². The minimum absolute atomic E-state index is 0.0900. The zero-order valence-electron chi connectivity index (χ0n) is 10.9. The lowest BCUT2D eigenvalue weighted by Gasteiger charge is -2.28. The van der Waals surface area contributed by atoms with Crippen molar-refractivity contribution in [1.82, 2.24) is 10.3 Å². The van der Waals surface area contributed by atoms with Crippen molar-refractivity contribution in [3.05, 3.63) is 16.1 Å². The summed E-state index contributed by atoms with van der Waals surface area (Å²) in [6, 6.07) is 0. The fraction of sp³-hybridized carbons (Fsp3) is 0.583. The first-order valence-corrected chi connectivity index (χ1v) is 7.23. The van der Waals surface area contributed by atoms with Crippen molar-refractivity contribution in [2.24, 2.45) is 11.1 Å². The third-order valence-electron chi connectivity index (χ3n) is 3.37. The second kappa shape index (κ2) is 6.24. The minimum atomic E-state index is -0.728. The van der Waals surface area contributed by atoms with Crippen LogP contribution in [0, 0.1) is 12.3 Å². The quantitative estimate of drug-likeness (QED) is 0.786. The number of rotatable bonds is 6. The number of thiocarbonyl (C=S) groups is 1. The molecule has 0 aliphatic carbocycles. The highest BCUT2D eigenvalue weighted by molar-refractivity contribution is 7.80. The molecule has 1 amide bonds. The van der Waals surface area contributed by atoms with Crippen LogP contribution in [0.1, 0.15) is 37.3 Å². The van der Waals surface area contributed by atoms with Crippen molar-refractivity contribution >= 4 is 34.5 Å². The van der Waals surface area contributed by atoms with E-state index < -0.39 is 5.41 Å². The van der Waals surface area contributed by atoms with Crippen molar-refractivity contribution in [2.75, 3.05) is 0 Å². The first kappa shape index (κ1) is 15.0. The number of aryl methyl sites for hydroxylation is 1. The Morgan fingerprint density at radius 3 is 2.56 bits per heavy atom. The fourth-order valence-corrected chi connectivity index (χ4v) is 2.96. The molecule has 0 fully saturated rings. The van der Waals surface area contributed by atoms with Gasteiger partial charge < -0.3 is 11.1 Å². The summed E-state index contributed by atoms with van der Waals surface area (Å²) < 4.78 is 0. The van der Waals surface area contributed by atoms with E-state index in [4.69, 9.17) is 18.0 Å². The van der Waals surface area contributed by atoms with Gasteiger partial charge in [0.15, 0.2) is 0 Å². The van der Waals surface area contributed by atoms with E-state index in [-0.39, 0.29) is 10.9 Å². The van der Waals surface area contributed by atoms with Crippen LogP contribution in [0.2, 0.25) is 0 Å². The van der Waals surface area contributed by atoms with Gasteiger partial charge in [0.2, 0.25) is 5.91 Å². The van der Waals surface area contributed by atoms with Gasteiger partial charge in [-0.3, -0.25) is 4.79 Å². The van der Waals surface area contributed by atoms with Crippen LogP contribution in [-0.2, 0) is 11.3 Å². The highest BCUT2D eigenvalue weighted by Gasteiger charge is 2.37. The molecule has 4 nitrogen and oxygen atoms in total. The van der Waals surface area contributed by atoms with E-state index in [1.165, 1.54) is 11.3 Å². The number of carbonyl (C=O) groups is 1. The Labute approximate surface area is 117 Å². The maximum absolute atomic E-state index is 12.3. The van der Waals surface area contributed by atoms with Crippen LogP contribution in [0.25, 0.3) is 0 Å². The Morgan fingerprint density at radius 1 is 1.56 bits per heavy atom. The standard InChI is InChI=1S/C12H19N3OS2/c1-4-12(5-2,10(13)17)11(16)14-6-9-8(3)15-7-18-9/h7H,4-6H2,1-3H3,(H2,13,17)(H,14,16). The second-order valence-electron chi connectivity index (χ2n) is 4.20. The Hall–Kier alpha value is -1.01. The molecule has 6 heteroatoms. The largest absolute Gasteiger partial charge is 0.392 e. The highest BCUT2D eigenvalue weighted by Crippen LogP contribution is 2.27. The van der Waals surface area contributed by atoms with E-state index in [0.717, 1.165) is 10.6 Å². The first-order chi connectivity index (χ1) is 8.47. The molecular weight excluding hydrogens is 266 g/mol. The Bertz CT molecular complexity index is 438. The van der Waals surface area contributed by atoms with E-state index in [0.29, 0.717) is 19.4 Å². The molecule has 1 rings (SSSR count). The molecule has 1 aromatic heterocycles. The van der Waals surface area contributed by atoms with Crippen molar-refractivity contribution in [2.45, 2.75) is 40.2 Å². The van der Waals surface area contributed by atoms with Gasteiger partial charge in [-0.2, -0.15) is 0 Å². The van der Waals surface area contributed by atoms with Gasteiger partial charge in [-0.1, -0.05) is 26.1 Å². The van der Waals surface area contributed by atoms with Crippen LogP contribution in [-0.4, -0.2) is 15.9 Å². The number of hydrogen-bond acceptors (Lipinski definition) is 4. The van der Waals surface area contributed by atoms with Crippen LogP contribution in [0.15, 0.2) is 5.51 Å². The number of hydrogen-bond donors (Lipinski definition) is 2. The molecule has 0 spiro atoms. The Kier molecular flexibility index (Phi) is 5.22. The normalized spacial score (nSPS) is 11.3. The summed E-state index contributed by atoms with van der Waals surface area (Å²) in [5.74, 6) is -0.0900. The summed E-state index contributed by atoms with van der Waals surface area (Å²) in [7, 11) is 0. The number of nitrogens with two attached hydrogens (primary N) is 1. The number of carbonyl (C=O) groups excluding carboxylic acids is 1. The van der Waals surface area contributed by atoms with Gasteiger partial charge in [-0.25, -0.2) is 4.98 Å². The molecule has 0 saturated heterocycles. The Morgan fingerprint density at radius 2 is 2.17 bits per heavy atom. The molecule has 0 bridgehead atoms. The predicted octanol–water partition coefficient (Wildman–Crippen LogP) is 2.16. The predicted molar refractivity (Wildman–Crippen MR) is 78.5 cm³/mol. The van der Waals surface area contributed by atoms with Crippen LogP contribution < -0.4 is 11.1 Å². The van der Waals surface area contributed by atoms with Crippen LogP contribution >= 0.6 is 23.6 Å². The number of aromatic nitrogens is 1. The molecule has 0 atom stereocenters. The lowest BCUT2D eigenvalue weighted by molar-refractivity contribution is -0.128. The van der Waals surface area contributed by atoms with Gasteiger partial charge in [0.05, 0.1) is 28.2 Å². The third kappa shape index (κ3) is 2.87. The number of amides is 1. The number of nitrogens with one attached hydrogen (secondary N) is 1.